The molecule has 0 aromatic carbocycles. The van der Waals surface area contributed by atoms with Crippen LogP contribution >= 0.6 is 11.6 Å². The normalized spacial score (nSPS) is 24.4. The lowest BCUT2D eigenvalue weighted by atomic mass is 9.89. The number of pyridine rings is 1. The highest BCUT2D eigenvalue weighted by molar-refractivity contribution is 6.20. The van der Waals surface area contributed by atoms with E-state index >= 15 is 0 Å². The summed E-state index contributed by atoms with van der Waals surface area (Å²) in [6.45, 7) is 0.955. The molecule has 17 heavy (non-hydrogen) atoms. The Morgan fingerprint density at radius 2 is 2.18 bits per heavy atom. The monoisotopic (exact) mass is 254 g/mol. The predicted molar refractivity (Wildman–Crippen MR) is 70.9 cm³/mol. The summed E-state index contributed by atoms with van der Waals surface area (Å²) in [6, 6.07) is 3.80. The fourth-order valence-corrected chi connectivity index (χ4v) is 2.51. The van der Waals surface area contributed by atoms with Crippen LogP contribution in [0.3, 0.4) is 0 Å². The summed E-state index contributed by atoms with van der Waals surface area (Å²) in [4.78, 5) is 4.29. The van der Waals surface area contributed by atoms with Gasteiger partial charge in [0.2, 0.25) is 0 Å². The zero-order valence-corrected chi connectivity index (χ0v) is 10.9. The first-order valence-electron chi connectivity index (χ1n) is 6.16. The predicted octanol–water partition coefficient (Wildman–Crippen LogP) is 3.30. The first kappa shape index (κ1) is 12.5. The Morgan fingerprint density at radius 3 is 2.88 bits per heavy atom. The largest absolute Gasteiger partial charge is 0.493 e. The van der Waals surface area contributed by atoms with E-state index in [1.54, 1.807) is 13.3 Å². The van der Waals surface area contributed by atoms with Crippen LogP contribution in [0.1, 0.15) is 25.7 Å². The zero-order chi connectivity index (χ0) is 12.1. The van der Waals surface area contributed by atoms with Crippen molar-refractivity contribution in [2.75, 3.05) is 19.0 Å². The van der Waals surface area contributed by atoms with Crippen LogP contribution in [-0.4, -0.2) is 24.0 Å². The molecule has 1 fully saturated rings. The first-order valence-corrected chi connectivity index (χ1v) is 6.60. The Bertz CT molecular complexity index is 351. The molecule has 0 atom stereocenters. The smallest absolute Gasteiger partial charge is 0.168 e. The molecule has 0 unspecified atom stereocenters. The second-order valence-corrected chi connectivity index (χ2v) is 5.17. The van der Waals surface area contributed by atoms with Gasteiger partial charge in [-0.05, 0) is 43.7 Å². The molecular formula is C13H19ClN2O. The lowest BCUT2D eigenvalue weighted by molar-refractivity contribution is 0.376. The second-order valence-electron chi connectivity index (χ2n) is 4.55. The topological polar surface area (TPSA) is 34.1 Å². The average Bonchev–Trinajstić information content (AvgIpc) is 2.38. The molecule has 94 valence electrons. The van der Waals surface area contributed by atoms with Crippen LogP contribution in [0.2, 0.25) is 0 Å². The van der Waals surface area contributed by atoms with Gasteiger partial charge in [-0.1, -0.05) is 0 Å². The van der Waals surface area contributed by atoms with E-state index in [2.05, 4.69) is 10.3 Å². The third kappa shape index (κ3) is 3.50. The highest BCUT2D eigenvalue weighted by Gasteiger charge is 2.19. The van der Waals surface area contributed by atoms with E-state index in [1.807, 2.05) is 12.1 Å². The van der Waals surface area contributed by atoms with Gasteiger partial charge in [0.05, 0.1) is 7.11 Å². The molecular weight excluding hydrogens is 236 g/mol. The van der Waals surface area contributed by atoms with E-state index in [4.69, 9.17) is 16.3 Å². The average molecular weight is 255 g/mol. The number of anilines is 1. The molecule has 1 heterocycles. The van der Waals surface area contributed by atoms with E-state index in [0.717, 1.165) is 31.0 Å². The molecule has 0 spiro atoms. The number of hydrogen-bond acceptors (Lipinski definition) is 3. The van der Waals surface area contributed by atoms with Crippen LogP contribution in [0.25, 0.3) is 0 Å². The molecule has 1 aliphatic rings. The number of nitrogens with zero attached hydrogens (tertiary/aromatic N) is 1. The van der Waals surface area contributed by atoms with Gasteiger partial charge in [0.25, 0.3) is 0 Å². The van der Waals surface area contributed by atoms with Gasteiger partial charge in [-0.15, -0.1) is 11.6 Å². The van der Waals surface area contributed by atoms with E-state index in [1.165, 1.54) is 12.8 Å². The number of halogens is 1. The lowest BCUT2D eigenvalue weighted by Gasteiger charge is -2.25. The zero-order valence-electron chi connectivity index (χ0n) is 10.2. The number of alkyl halides is 1. The van der Waals surface area contributed by atoms with E-state index in [0.29, 0.717) is 11.3 Å². The Kier molecular flexibility index (Phi) is 4.49. The number of rotatable bonds is 4. The molecule has 1 aromatic rings. The van der Waals surface area contributed by atoms with Crippen molar-refractivity contribution < 1.29 is 4.74 Å². The second kappa shape index (κ2) is 6.10. The maximum absolute atomic E-state index is 6.09. The molecule has 1 aromatic heterocycles. The molecule has 0 bridgehead atoms. The molecule has 2 rings (SSSR count). The standard InChI is InChI=1S/C13H19ClN2O/c1-17-12-3-2-8-15-13(12)16-9-10-4-6-11(14)7-5-10/h2-3,8,10-11H,4-7,9H2,1H3,(H,15,16). The molecule has 0 saturated heterocycles. The van der Waals surface area contributed by atoms with Crippen LogP contribution in [-0.2, 0) is 0 Å². The van der Waals surface area contributed by atoms with Crippen molar-refractivity contribution in [2.24, 2.45) is 5.92 Å². The van der Waals surface area contributed by atoms with Crippen LogP contribution in [0.5, 0.6) is 5.75 Å². The van der Waals surface area contributed by atoms with Crippen molar-refractivity contribution in [3.05, 3.63) is 18.3 Å². The van der Waals surface area contributed by atoms with E-state index in [-0.39, 0.29) is 0 Å². The fourth-order valence-electron chi connectivity index (χ4n) is 2.25. The quantitative estimate of drug-likeness (QED) is 0.838. The molecule has 1 saturated carbocycles. The van der Waals surface area contributed by atoms with Crippen molar-refractivity contribution in [3.8, 4) is 5.75 Å². The van der Waals surface area contributed by atoms with Gasteiger partial charge in [-0.2, -0.15) is 0 Å². The minimum atomic E-state index is 0.385. The molecule has 0 radical (unpaired) electrons. The molecule has 1 aliphatic carbocycles. The number of methoxy groups -OCH3 is 1. The third-order valence-corrected chi connectivity index (χ3v) is 3.76. The summed E-state index contributed by atoms with van der Waals surface area (Å²) >= 11 is 6.09. The molecule has 0 amide bonds. The summed E-state index contributed by atoms with van der Waals surface area (Å²) in [5, 5.41) is 3.75. The van der Waals surface area contributed by atoms with Crippen LogP contribution in [0.15, 0.2) is 18.3 Å². The summed E-state index contributed by atoms with van der Waals surface area (Å²) in [7, 11) is 1.67. The minimum absolute atomic E-state index is 0.385. The van der Waals surface area contributed by atoms with E-state index in [9.17, 15) is 0 Å². The van der Waals surface area contributed by atoms with Crippen LogP contribution in [0, 0.1) is 5.92 Å². The van der Waals surface area contributed by atoms with Crippen molar-refractivity contribution in [3.63, 3.8) is 0 Å². The Morgan fingerprint density at radius 1 is 1.41 bits per heavy atom. The Hall–Kier alpha value is -0.960. The van der Waals surface area contributed by atoms with Crippen molar-refractivity contribution >= 4 is 17.4 Å². The van der Waals surface area contributed by atoms with Gasteiger partial charge in [0.15, 0.2) is 11.6 Å². The molecule has 3 nitrogen and oxygen atoms in total. The van der Waals surface area contributed by atoms with Gasteiger partial charge in [0.1, 0.15) is 0 Å². The Labute approximate surface area is 108 Å². The van der Waals surface area contributed by atoms with Crippen LogP contribution < -0.4 is 10.1 Å². The highest BCUT2D eigenvalue weighted by Crippen LogP contribution is 2.28. The summed E-state index contributed by atoms with van der Waals surface area (Å²) in [5.41, 5.74) is 0. The maximum atomic E-state index is 6.09. The maximum Gasteiger partial charge on any atom is 0.168 e. The van der Waals surface area contributed by atoms with Crippen molar-refractivity contribution in [1.29, 1.82) is 0 Å². The first-order chi connectivity index (χ1) is 8.29. The lowest BCUT2D eigenvalue weighted by Crippen LogP contribution is -2.21. The third-order valence-electron chi connectivity index (χ3n) is 3.33. The summed E-state index contributed by atoms with van der Waals surface area (Å²) in [6.07, 6.45) is 6.45. The van der Waals surface area contributed by atoms with Gasteiger partial charge in [-0.3, -0.25) is 0 Å². The molecule has 1 N–H and O–H groups in total. The van der Waals surface area contributed by atoms with E-state index < -0.39 is 0 Å². The van der Waals surface area contributed by atoms with Crippen molar-refractivity contribution in [2.45, 2.75) is 31.1 Å². The minimum Gasteiger partial charge on any atom is -0.493 e. The van der Waals surface area contributed by atoms with Crippen molar-refractivity contribution in [1.82, 2.24) is 4.98 Å². The number of hydrogen-bond donors (Lipinski definition) is 1. The number of nitrogens with one attached hydrogen (secondary N) is 1. The summed E-state index contributed by atoms with van der Waals surface area (Å²) < 4.78 is 5.26. The van der Waals surface area contributed by atoms with Gasteiger partial charge in [0, 0.05) is 18.1 Å². The number of aromatic nitrogens is 1. The van der Waals surface area contributed by atoms with Gasteiger partial charge < -0.3 is 10.1 Å². The Balaban J connectivity index is 1.85. The van der Waals surface area contributed by atoms with Gasteiger partial charge >= 0.3 is 0 Å². The number of ether oxygens (including phenoxy) is 1. The van der Waals surface area contributed by atoms with Gasteiger partial charge in [-0.25, -0.2) is 4.98 Å². The SMILES string of the molecule is COc1cccnc1NCC1CCC(Cl)CC1. The highest BCUT2D eigenvalue weighted by atomic mass is 35.5. The molecule has 0 aliphatic heterocycles. The van der Waals surface area contributed by atoms with Crippen LogP contribution in [0.4, 0.5) is 5.82 Å². The fraction of sp³-hybridized carbons (Fsp3) is 0.615. The molecule has 4 heteroatoms. The summed E-state index contributed by atoms with van der Waals surface area (Å²) in [5.74, 6) is 2.35.